The number of hydrogen-bond acceptors (Lipinski definition) is 6. The van der Waals surface area contributed by atoms with Crippen molar-refractivity contribution in [1.82, 2.24) is 20.2 Å². The minimum Gasteiger partial charge on any atom is -0.396 e. The predicted octanol–water partition coefficient (Wildman–Crippen LogP) is 3.00. The van der Waals surface area contributed by atoms with Crippen molar-refractivity contribution >= 4 is 40.7 Å². The Hall–Kier alpha value is -3.73. The topological polar surface area (TPSA) is 139 Å². The maximum absolute atomic E-state index is 12.8. The van der Waals surface area contributed by atoms with E-state index in [0.29, 0.717) is 35.1 Å². The standard InChI is InChI=1S/C26H29ClN6O4/c27-21-6-2-1-5-20(21)24(35)31-18-7-9-19(10-8-18)32-26(37)23-22(29-16-30-23)25(36)28-11-13-33-12-3-4-17(14-33)15-34/h1-2,5-10,16-17,34H,3-4,11-15H2,(H,28,36)(H,29,30)(H,31,35)(H,32,37). The number of aliphatic hydroxyl groups excluding tert-OH is 1. The minimum absolute atomic E-state index is 0.0214. The third-order valence-corrected chi connectivity index (χ3v) is 6.51. The predicted molar refractivity (Wildman–Crippen MR) is 141 cm³/mol. The molecule has 2 heterocycles. The number of aliphatic hydroxyl groups is 1. The molecule has 1 atom stereocenters. The van der Waals surface area contributed by atoms with E-state index >= 15 is 0 Å². The Kier molecular flexibility index (Phi) is 8.89. The Balaban J connectivity index is 1.29. The Morgan fingerprint density at radius 2 is 1.73 bits per heavy atom. The van der Waals surface area contributed by atoms with E-state index in [0.717, 1.165) is 25.9 Å². The molecule has 4 rings (SSSR count). The van der Waals surface area contributed by atoms with Gasteiger partial charge in [0.2, 0.25) is 0 Å². The van der Waals surface area contributed by atoms with Crippen molar-refractivity contribution in [2.45, 2.75) is 12.8 Å². The highest BCUT2D eigenvalue weighted by atomic mass is 35.5. The second-order valence-electron chi connectivity index (χ2n) is 8.84. The number of aromatic nitrogens is 2. The maximum Gasteiger partial charge on any atom is 0.276 e. The van der Waals surface area contributed by atoms with E-state index in [-0.39, 0.29) is 29.8 Å². The first-order chi connectivity index (χ1) is 17.9. The molecule has 3 aromatic rings. The van der Waals surface area contributed by atoms with Crippen LogP contribution in [0.25, 0.3) is 0 Å². The number of piperidine rings is 1. The summed E-state index contributed by atoms with van der Waals surface area (Å²) in [6.45, 7) is 3.00. The zero-order chi connectivity index (χ0) is 26.2. The van der Waals surface area contributed by atoms with Crippen molar-refractivity contribution < 1.29 is 19.5 Å². The molecule has 5 N–H and O–H groups in total. The molecule has 3 amide bonds. The molecule has 0 spiro atoms. The van der Waals surface area contributed by atoms with Gasteiger partial charge in [-0.1, -0.05) is 23.7 Å². The Morgan fingerprint density at radius 1 is 1.03 bits per heavy atom. The number of hydrogen-bond donors (Lipinski definition) is 5. The SMILES string of the molecule is O=C(Nc1ccc(NC(=O)c2nc[nH]c2C(=O)NCCN2CCCC(CO)C2)cc1)c1ccccc1Cl. The van der Waals surface area contributed by atoms with Crippen LogP contribution in [0.3, 0.4) is 0 Å². The Morgan fingerprint density at radius 3 is 2.43 bits per heavy atom. The number of carbonyl (C=O) groups is 3. The number of anilines is 2. The number of aromatic amines is 1. The van der Waals surface area contributed by atoms with Crippen LogP contribution in [0, 0.1) is 5.92 Å². The summed E-state index contributed by atoms with van der Waals surface area (Å²) in [5.41, 5.74) is 1.41. The lowest BCUT2D eigenvalue weighted by Gasteiger charge is -2.31. The fraction of sp³-hybridized carbons (Fsp3) is 0.308. The van der Waals surface area contributed by atoms with Gasteiger partial charge in [0.05, 0.1) is 16.9 Å². The number of nitrogens with one attached hydrogen (secondary N) is 4. The molecule has 194 valence electrons. The van der Waals surface area contributed by atoms with Gasteiger partial charge in [0.1, 0.15) is 5.69 Å². The van der Waals surface area contributed by atoms with Gasteiger partial charge in [0.15, 0.2) is 5.69 Å². The van der Waals surface area contributed by atoms with Crippen LogP contribution in [0.5, 0.6) is 0 Å². The molecule has 1 saturated heterocycles. The molecule has 1 fully saturated rings. The van der Waals surface area contributed by atoms with Gasteiger partial charge in [-0.05, 0) is 61.7 Å². The summed E-state index contributed by atoms with van der Waals surface area (Å²) in [5.74, 6) is -1.03. The Labute approximate surface area is 219 Å². The molecule has 0 aliphatic carbocycles. The molecule has 2 aromatic carbocycles. The number of halogens is 1. The van der Waals surface area contributed by atoms with E-state index in [9.17, 15) is 19.5 Å². The summed E-state index contributed by atoms with van der Waals surface area (Å²) in [4.78, 5) is 46.8. The van der Waals surface area contributed by atoms with E-state index in [1.807, 2.05) is 0 Å². The van der Waals surface area contributed by atoms with Crippen LogP contribution in [0.4, 0.5) is 11.4 Å². The zero-order valence-corrected chi connectivity index (χ0v) is 20.9. The summed E-state index contributed by atoms with van der Waals surface area (Å²) in [6.07, 6.45) is 3.35. The third-order valence-electron chi connectivity index (χ3n) is 6.18. The average molecular weight is 525 g/mol. The number of imidazole rings is 1. The van der Waals surface area contributed by atoms with Crippen molar-refractivity contribution in [3.63, 3.8) is 0 Å². The molecule has 1 aliphatic rings. The lowest BCUT2D eigenvalue weighted by atomic mass is 9.99. The fourth-order valence-corrected chi connectivity index (χ4v) is 4.45. The summed E-state index contributed by atoms with van der Waals surface area (Å²) in [5, 5.41) is 18.0. The van der Waals surface area contributed by atoms with Gasteiger partial charge in [-0.25, -0.2) is 4.98 Å². The van der Waals surface area contributed by atoms with E-state index in [4.69, 9.17) is 11.6 Å². The van der Waals surface area contributed by atoms with Crippen LogP contribution < -0.4 is 16.0 Å². The highest BCUT2D eigenvalue weighted by molar-refractivity contribution is 6.34. The minimum atomic E-state index is -0.541. The summed E-state index contributed by atoms with van der Waals surface area (Å²) < 4.78 is 0. The molecule has 0 saturated carbocycles. The van der Waals surface area contributed by atoms with Crippen molar-refractivity contribution in [3.05, 3.63) is 76.8 Å². The fourth-order valence-electron chi connectivity index (χ4n) is 4.23. The molecule has 11 heteroatoms. The van der Waals surface area contributed by atoms with Crippen LogP contribution >= 0.6 is 11.6 Å². The molecule has 0 radical (unpaired) electrons. The average Bonchev–Trinajstić information content (AvgIpc) is 3.41. The number of amides is 3. The summed E-state index contributed by atoms with van der Waals surface area (Å²) in [6, 6.07) is 13.3. The van der Waals surface area contributed by atoms with Gasteiger partial charge >= 0.3 is 0 Å². The van der Waals surface area contributed by atoms with E-state index in [1.165, 1.54) is 6.33 Å². The molecular weight excluding hydrogens is 496 g/mol. The van der Waals surface area contributed by atoms with Gasteiger partial charge in [-0.3, -0.25) is 14.4 Å². The third kappa shape index (κ3) is 6.94. The van der Waals surface area contributed by atoms with Crippen molar-refractivity contribution in [3.8, 4) is 0 Å². The first-order valence-electron chi connectivity index (χ1n) is 12.1. The van der Waals surface area contributed by atoms with E-state index < -0.39 is 11.8 Å². The number of benzene rings is 2. The van der Waals surface area contributed by atoms with Crippen molar-refractivity contribution in [1.29, 1.82) is 0 Å². The maximum atomic E-state index is 12.8. The molecule has 1 aromatic heterocycles. The molecule has 1 unspecified atom stereocenters. The van der Waals surface area contributed by atoms with Crippen LogP contribution in [0.15, 0.2) is 54.9 Å². The number of likely N-dealkylation sites (tertiary alicyclic amines) is 1. The van der Waals surface area contributed by atoms with Gasteiger partial charge in [0, 0.05) is 37.6 Å². The smallest absolute Gasteiger partial charge is 0.276 e. The zero-order valence-electron chi connectivity index (χ0n) is 20.2. The number of H-pyrrole nitrogens is 1. The van der Waals surface area contributed by atoms with Crippen molar-refractivity contribution in [2.75, 3.05) is 43.4 Å². The van der Waals surface area contributed by atoms with Crippen LogP contribution in [-0.4, -0.2) is 70.5 Å². The number of rotatable bonds is 9. The van der Waals surface area contributed by atoms with E-state index in [1.54, 1.807) is 48.5 Å². The first-order valence-corrected chi connectivity index (χ1v) is 12.4. The second kappa shape index (κ2) is 12.5. The summed E-state index contributed by atoms with van der Waals surface area (Å²) >= 11 is 6.07. The molecule has 0 bridgehead atoms. The quantitative estimate of drug-likeness (QED) is 0.291. The van der Waals surface area contributed by atoms with Gasteiger partial charge < -0.3 is 30.9 Å². The highest BCUT2D eigenvalue weighted by Crippen LogP contribution is 2.19. The lowest BCUT2D eigenvalue weighted by Crippen LogP contribution is -2.41. The number of carbonyl (C=O) groups excluding carboxylic acids is 3. The monoisotopic (exact) mass is 524 g/mol. The molecular formula is C26H29ClN6O4. The van der Waals surface area contributed by atoms with Gasteiger partial charge in [0.25, 0.3) is 17.7 Å². The van der Waals surface area contributed by atoms with Gasteiger partial charge in [-0.2, -0.15) is 0 Å². The molecule has 37 heavy (non-hydrogen) atoms. The largest absolute Gasteiger partial charge is 0.396 e. The van der Waals surface area contributed by atoms with Crippen LogP contribution in [-0.2, 0) is 0 Å². The highest BCUT2D eigenvalue weighted by Gasteiger charge is 2.22. The lowest BCUT2D eigenvalue weighted by molar-refractivity contribution is 0.0916. The van der Waals surface area contributed by atoms with Crippen LogP contribution in [0.1, 0.15) is 44.2 Å². The van der Waals surface area contributed by atoms with Crippen LogP contribution in [0.2, 0.25) is 5.02 Å². The molecule has 10 nitrogen and oxygen atoms in total. The summed E-state index contributed by atoms with van der Waals surface area (Å²) in [7, 11) is 0. The Bertz CT molecular complexity index is 1250. The second-order valence-corrected chi connectivity index (χ2v) is 9.25. The first kappa shape index (κ1) is 26.3. The normalized spacial score (nSPS) is 15.7. The van der Waals surface area contributed by atoms with E-state index in [2.05, 4.69) is 30.8 Å². The van der Waals surface area contributed by atoms with Gasteiger partial charge in [-0.15, -0.1) is 0 Å². The van der Waals surface area contributed by atoms with Crippen molar-refractivity contribution in [2.24, 2.45) is 5.92 Å². The number of nitrogens with zero attached hydrogens (tertiary/aromatic N) is 2. The molecule has 1 aliphatic heterocycles.